The molecule has 3 aromatic heterocycles. The van der Waals surface area contributed by atoms with Gasteiger partial charge >= 0.3 is 0 Å². The number of aromatic hydroxyl groups is 1. The summed E-state index contributed by atoms with van der Waals surface area (Å²) in [6, 6.07) is 10.4. The first-order chi connectivity index (χ1) is 13.5. The molecular formula is C19H13ClN4O2S2. The molecule has 0 radical (unpaired) electrons. The summed E-state index contributed by atoms with van der Waals surface area (Å²) in [6.45, 7) is 1.80. The summed E-state index contributed by atoms with van der Waals surface area (Å²) in [5.41, 5.74) is 1.82. The van der Waals surface area contributed by atoms with Gasteiger partial charge in [0.1, 0.15) is 15.6 Å². The summed E-state index contributed by atoms with van der Waals surface area (Å²) in [5.74, 6) is 0.333. The molecule has 0 saturated heterocycles. The molecule has 0 fully saturated rings. The van der Waals surface area contributed by atoms with Crippen LogP contribution in [0, 0.1) is 6.92 Å². The number of nitrogens with one attached hydrogen (secondary N) is 1. The van der Waals surface area contributed by atoms with Gasteiger partial charge in [-0.15, -0.1) is 22.7 Å². The van der Waals surface area contributed by atoms with E-state index in [9.17, 15) is 9.90 Å². The normalized spacial score (nSPS) is 10.8. The number of benzene rings is 1. The van der Waals surface area contributed by atoms with Crippen LogP contribution in [0.3, 0.4) is 0 Å². The third-order valence-electron chi connectivity index (χ3n) is 3.80. The monoisotopic (exact) mass is 428 g/mol. The first kappa shape index (κ1) is 18.5. The average Bonchev–Trinajstić information content (AvgIpc) is 3.28. The fourth-order valence-corrected chi connectivity index (χ4v) is 4.58. The molecule has 4 rings (SSSR count). The highest BCUT2D eigenvalue weighted by molar-refractivity contribution is 7.24. The molecule has 0 spiro atoms. The Hall–Kier alpha value is -2.81. The van der Waals surface area contributed by atoms with Gasteiger partial charge in [0.05, 0.1) is 33.0 Å². The largest absolute Gasteiger partial charge is 0.508 e. The van der Waals surface area contributed by atoms with Gasteiger partial charge in [0.25, 0.3) is 5.91 Å². The van der Waals surface area contributed by atoms with E-state index in [0.717, 1.165) is 9.88 Å². The van der Waals surface area contributed by atoms with Crippen molar-refractivity contribution in [2.75, 3.05) is 5.32 Å². The fraction of sp³-hybridized carbons (Fsp3) is 0.0526. The van der Waals surface area contributed by atoms with E-state index in [-0.39, 0.29) is 11.7 Å². The Morgan fingerprint density at radius 2 is 1.93 bits per heavy atom. The van der Waals surface area contributed by atoms with Gasteiger partial charge in [-0.2, -0.15) is 0 Å². The van der Waals surface area contributed by atoms with E-state index in [4.69, 9.17) is 11.6 Å². The second-order valence-corrected chi connectivity index (χ2v) is 8.55. The van der Waals surface area contributed by atoms with Crippen molar-refractivity contribution < 1.29 is 9.90 Å². The van der Waals surface area contributed by atoms with Gasteiger partial charge < -0.3 is 10.4 Å². The lowest BCUT2D eigenvalue weighted by atomic mass is 10.2. The van der Waals surface area contributed by atoms with E-state index >= 15 is 0 Å². The number of anilines is 1. The predicted octanol–water partition coefficient (Wildman–Crippen LogP) is 5.25. The van der Waals surface area contributed by atoms with Crippen LogP contribution in [0.2, 0.25) is 4.34 Å². The highest BCUT2D eigenvalue weighted by Crippen LogP contribution is 2.35. The number of aryl methyl sites for hydroxylation is 1. The number of phenols is 1. The van der Waals surface area contributed by atoms with Crippen LogP contribution in [0.5, 0.6) is 5.75 Å². The lowest BCUT2D eigenvalue weighted by molar-refractivity contribution is 0.102. The summed E-state index contributed by atoms with van der Waals surface area (Å²) >= 11 is 8.72. The Kier molecular flexibility index (Phi) is 5.08. The molecule has 9 heteroatoms. The first-order valence-electron chi connectivity index (χ1n) is 8.15. The summed E-state index contributed by atoms with van der Waals surface area (Å²) in [6.07, 6.45) is 3.06. The lowest BCUT2D eigenvalue weighted by Gasteiger charge is -2.05. The van der Waals surface area contributed by atoms with E-state index in [2.05, 4.69) is 20.3 Å². The minimum atomic E-state index is -0.266. The van der Waals surface area contributed by atoms with Gasteiger partial charge in [0.2, 0.25) is 0 Å². The van der Waals surface area contributed by atoms with Crippen LogP contribution in [-0.2, 0) is 0 Å². The Bertz CT molecular complexity index is 1150. The van der Waals surface area contributed by atoms with Gasteiger partial charge in [0, 0.05) is 5.56 Å². The Balaban J connectivity index is 1.52. The molecule has 0 saturated carbocycles. The van der Waals surface area contributed by atoms with Crippen molar-refractivity contribution >= 4 is 45.9 Å². The van der Waals surface area contributed by atoms with E-state index < -0.39 is 0 Å². The summed E-state index contributed by atoms with van der Waals surface area (Å²) in [5, 5.41) is 13.1. The molecule has 1 amide bonds. The quantitative estimate of drug-likeness (QED) is 0.463. The standard InChI is InChI=1S/C19H13ClN4O2S2/c1-10-16(28-19(23-10)14-5-6-15(20)27-14)18(26)24-12-8-21-17(22-9-12)11-3-2-4-13(25)7-11/h2-9,25H,1H3,(H,24,26). The molecule has 28 heavy (non-hydrogen) atoms. The van der Waals surface area contributed by atoms with Crippen LogP contribution in [0.1, 0.15) is 15.4 Å². The van der Waals surface area contributed by atoms with E-state index in [1.807, 2.05) is 12.1 Å². The van der Waals surface area contributed by atoms with Gasteiger partial charge in [-0.05, 0) is 31.2 Å². The second-order valence-electron chi connectivity index (χ2n) is 5.84. The van der Waals surface area contributed by atoms with Crippen LogP contribution in [-0.4, -0.2) is 26.0 Å². The average molecular weight is 429 g/mol. The van der Waals surface area contributed by atoms with Crippen LogP contribution in [0.4, 0.5) is 5.69 Å². The molecule has 0 aliphatic heterocycles. The van der Waals surface area contributed by atoms with Gasteiger partial charge in [0.15, 0.2) is 5.82 Å². The van der Waals surface area contributed by atoms with E-state index in [1.165, 1.54) is 35.1 Å². The smallest absolute Gasteiger partial charge is 0.267 e. The summed E-state index contributed by atoms with van der Waals surface area (Å²) in [4.78, 5) is 27.1. The molecule has 0 aliphatic carbocycles. The lowest BCUT2D eigenvalue weighted by Crippen LogP contribution is -2.12. The van der Waals surface area contributed by atoms with Crippen molar-refractivity contribution in [3.05, 3.63) is 63.7 Å². The number of nitrogens with zero attached hydrogens (tertiary/aromatic N) is 3. The molecule has 2 N–H and O–H groups in total. The van der Waals surface area contributed by atoms with E-state index in [1.54, 1.807) is 31.2 Å². The van der Waals surface area contributed by atoms with Crippen molar-refractivity contribution in [2.24, 2.45) is 0 Å². The maximum atomic E-state index is 12.6. The number of thiazole rings is 1. The zero-order chi connectivity index (χ0) is 19.7. The third-order valence-corrected chi connectivity index (χ3v) is 6.36. The van der Waals surface area contributed by atoms with Crippen molar-refractivity contribution in [1.29, 1.82) is 0 Å². The number of carbonyl (C=O) groups is 1. The first-order valence-corrected chi connectivity index (χ1v) is 10.2. The SMILES string of the molecule is Cc1nc(-c2ccc(Cl)s2)sc1C(=O)Nc1cnc(-c2cccc(O)c2)nc1. The minimum absolute atomic E-state index is 0.141. The number of amides is 1. The third kappa shape index (κ3) is 3.89. The maximum absolute atomic E-state index is 12.6. The molecule has 140 valence electrons. The number of phenolic OH excluding ortho intramolecular Hbond substituents is 1. The minimum Gasteiger partial charge on any atom is -0.508 e. The number of carbonyl (C=O) groups excluding carboxylic acids is 1. The topological polar surface area (TPSA) is 88.0 Å². The zero-order valence-electron chi connectivity index (χ0n) is 14.5. The number of hydrogen-bond donors (Lipinski definition) is 2. The Morgan fingerprint density at radius 1 is 1.14 bits per heavy atom. The van der Waals surface area contributed by atoms with Crippen molar-refractivity contribution in [3.63, 3.8) is 0 Å². The highest BCUT2D eigenvalue weighted by atomic mass is 35.5. The van der Waals surface area contributed by atoms with Crippen molar-refractivity contribution in [2.45, 2.75) is 6.92 Å². The Labute approximate surface area is 173 Å². The molecule has 1 aromatic carbocycles. The Morgan fingerprint density at radius 3 is 2.61 bits per heavy atom. The molecular weight excluding hydrogens is 416 g/mol. The van der Waals surface area contributed by atoms with Crippen molar-refractivity contribution in [3.8, 4) is 27.0 Å². The number of aromatic nitrogens is 3. The molecule has 3 heterocycles. The van der Waals surface area contributed by atoms with Gasteiger partial charge in [-0.3, -0.25) is 4.79 Å². The van der Waals surface area contributed by atoms with Crippen molar-refractivity contribution in [1.82, 2.24) is 15.0 Å². The fourth-order valence-electron chi connectivity index (χ4n) is 2.52. The molecule has 0 atom stereocenters. The number of rotatable bonds is 4. The predicted molar refractivity (Wildman–Crippen MR) is 112 cm³/mol. The molecule has 0 bridgehead atoms. The second kappa shape index (κ2) is 7.67. The summed E-state index contributed by atoms with van der Waals surface area (Å²) < 4.78 is 0.679. The molecule has 6 nitrogen and oxygen atoms in total. The van der Waals surface area contributed by atoms with Gasteiger partial charge in [-0.1, -0.05) is 23.7 Å². The number of hydrogen-bond acceptors (Lipinski definition) is 7. The van der Waals surface area contributed by atoms with Crippen LogP contribution in [0.25, 0.3) is 21.3 Å². The molecule has 0 unspecified atom stereocenters. The molecule has 0 aliphatic rings. The van der Waals surface area contributed by atoms with Crippen LogP contribution in [0.15, 0.2) is 48.8 Å². The molecule has 4 aromatic rings. The zero-order valence-corrected chi connectivity index (χ0v) is 16.9. The van der Waals surface area contributed by atoms with Gasteiger partial charge in [-0.25, -0.2) is 15.0 Å². The maximum Gasteiger partial charge on any atom is 0.267 e. The van der Waals surface area contributed by atoms with Crippen LogP contribution >= 0.6 is 34.3 Å². The van der Waals surface area contributed by atoms with Crippen LogP contribution < -0.4 is 5.32 Å². The highest BCUT2D eigenvalue weighted by Gasteiger charge is 2.17. The van der Waals surface area contributed by atoms with E-state index in [0.29, 0.717) is 32.0 Å². The number of thiophene rings is 1. The number of halogens is 1. The summed E-state index contributed by atoms with van der Waals surface area (Å²) in [7, 11) is 0.